The van der Waals surface area contributed by atoms with E-state index >= 15 is 0 Å². The van der Waals surface area contributed by atoms with Crippen molar-refractivity contribution >= 4 is 0 Å². The van der Waals surface area contributed by atoms with Gasteiger partial charge in [0, 0.05) is 5.41 Å². The molecule has 14 heavy (non-hydrogen) atoms. The van der Waals surface area contributed by atoms with Gasteiger partial charge in [-0.05, 0) is 37.5 Å². The molecule has 0 unspecified atom stereocenters. The fourth-order valence-electron chi connectivity index (χ4n) is 2.68. The molecule has 0 aromatic heterocycles. The van der Waals surface area contributed by atoms with Gasteiger partial charge >= 0.3 is 0 Å². The van der Waals surface area contributed by atoms with Gasteiger partial charge in [0.2, 0.25) is 0 Å². The first-order valence-electron chi connectivity index (χ1n) is 5.19. The maximum Gasteiger partial charge on any atom is 0.0583 e. The third-order valence-corrected chi connectivity index (χ3v) is 3.12. The standard InChI is InChI=1S/C13H18O/c1-9-5-10(2)12(11(3)6-9)13(4)7-14-8-13/h5-6H,7-8H2,1-4H3. The molecule has 0 N–H and O–H groups in total. The first-order valence-corrected chi connectivity index (χ1v) is 5.19. The molecule has 76 valence electrons. The predicted octanol–water partition coefficient (Wildman–Crippen LogP) is 2.90. The maximum atomic E-state index is 5.33. The third-order valence-electron chi connectivity index (χ3n) is 3.12. The Morgan fingerprint density at radius 1 is 1.07 bits per heavy atom. The molecule has 0 amide bonds. The predicted molar refractivity (Wildman–Crippen MR) is 58.8 cm³/mol. The van der Waals surface area contributed by atoms with Crippen LogP contribution in [0.5, 0.6) is 0 Å². The number of hydrogen-bond donors (Lipinski definition) is 0. The molecule has 1 aromatic carbocycles. The summed E-state index contributed by atoms with van der Waals surface area (Å²) in [5, 5.41) is 0. The summed E-state index contributed by atoms with van der Waals surface area (Å²) in [7, 11) is 0. The zero-order chi connectivity index (χ0) is 10.3. The quantitative estimate of drug-likeness (QED) is 0.661. The van der Waals surface area contributed by atoms with Crippen LogP contribution in [0.2, 0.25) is 0 Å². The minimum absolute atomic E-state index is 0.266. The number of ether oxygens (including phenoxy) is 1. The zero-order valence-corrected chi connectivity index (χ0v) is 9.48. The van der Waals surface area contributed by atoms with Crippen molar-refractivity contribution in [1.82, 2.24) is 0 Å². The minimum Gasteiger partial charge on any atom is -0.379 e. The Kier molecular flexibility index (Phi) is 2.15. The molecule has 0 bridgehead atoms. The van der Waals surface area contributed by atoms with Gasteiger partial charge in [-0.3, -0.25) is 0 Å². The van der Waals surface area contributed by atoms with Crippen LogP contribution in [0.15, 0.2) is 12.1 Å². The van der Waals surface area contributed by atoms with Crippen LogP contribution >= 0.6 is 0 Å². The molecule has 1 nitrogen and oxygen atoms in total. The Balaban J connectivity index is 2.52. The van der Waals surface area contributed by atoms with Crippen LogP contribution in [-0.4, -0.2) is 13.2 Å². The lowest BCUT2D eigenvalue weighted by Crippen LogP contribution is -2.44. The molecule has 1 aliphatic heterocycles. The highest BCUT2D eigenvalue weighted by atomic mass is 16.5. The number of benzene rings is 1. The molecule has 1 heterocycles. The van der Waals surface area contributed by atoms with Crippen molar-refractivity contribution in [3.8, 4) is 0 Å². The molecule has 2 rings (SSSR count). The summed E-state index contributed by atoms with van der Waals surface area (Å²) in [6.45, 7) is 10.6. The minimum atomic E-state index is 0.266. The van der Waals surface area contributed by atoms with Gasteiger partial charge in [-0.2, -0.15) is 0 Å². The van der Waals surface area contributed by atoms with E-state index in [0.717, 1.165) is 13.2 Å². The fourth-order valence-corrected chi connectivity index (χ4v) is 2.68. The van der Waals surface area contributed by atoms with Gasteiger partial charge in [0.05, 0.1) is 13.2 Å². The largest absolute Gasteiger partial charge is 0.379 e. The second-order valence-electron chi connectivity index (χ2n) is 4.83. The zero-order valence-electron chi connectivity index (χ0n) is 9.48. The van der Waals surface area contributed by atoms with E-state index in [9.17, 15) is 0 Å². The molecule has 1 heteroatoms. The molecule has 0 aliphatic carbocycles. The second kappa shape index (κ2) is 3.09. The van der Waals surface area contributed by atoms with Crippen LogP contribution in [0, 0.1) is 20.8 Å². The Morgan fingerprint density at radius 3 is 1.93 bits per heavy atom. The monoisotopic (exact) mass is 190 g/mol. The first-order chi connectivity index (χ1) is 6.53. The van der Waals surface area contributed by atoms with Gasteiger partial charge in [-0.15, -0.1) is 0 Å². The van der Waals surface area contributed by atoms with E-state index in [0.29, 0.717) is 0 Å². The lowest BCUT2D eigenvalue weighted by Gasteiger charge is -2.40. The highest BCUT2D eigenvalue weighted by Gasteiger charge is 2.37. The maximum absolute atomic E-state index is 5.33. The van der Waals surface area contributed by atoms with Crippen molar-refractivity contribution in [2.75, 3.05) is 13.2 Å². The van der Waals surface area contributed by atoms with E-state index in [1.807, 2.05) is 0 Å². The SMILES string of the molecule is Cc1cc(C)c(C2(C)COC2)c(C)c1. The highest BCUT2D eigenvalue weighted by Crippen LogP contribution is 2.36. The van der Waals surface area contributed by atoms with Crippen LogP contribution in [0.1, 0.15) is 29.2 Å². The van der Waals surface area contributed by atoms with Crippen LogP contribution in [0.25, 0.3) is 0 Å². The van der Waals surface area contributed by atoms with Gasteiger partial charge in [0.25, 0.3) is 0 Å². The number of hydrogen-bond acceptors (Lipinski definition) is 1. The fraction of sp³-hybridized carbons (Fsp3) is 0.538. The van der Waals surface area contributed by atoms with Crippen molar-refractivity contribution in [3.63, 3.8) is 0 Å². The average Bonchev–Trinajstić information content (AvgIpc) is 1.99. The normalized spacial score (nSPS) is 19.1. The summed E-state index contributed by atoms with van der Waals surface area (Å²) in [6.07, 6.45) is 0. The molecule has 0 saturated carbocycles. The Bertz CT molecular complexity index is 338. The van der Waals surface area contributed by atoms with Gasteiger partial charge in [-0.25, -0.2) is 0 Å². The lowest BCUT2D eigenvalue weighted by molar-refractivity contribution is -0.0505. The highest BCUT2D eigenvalue weighted by molar-refractivity contribution is 5.43. The van der Waals surface area contributed by atoms with Crippen molar-refractivity contribution in [1.29, 1.82) is 0 Å². The third kappa shape index (κ3) is 1.36. The van der Waals surface area contributed by atoms with E-state index in [2.05, 4.69) is 39.8 Å². The Hall–Kier alpha value is -0.820. The second-order valence-corrected chi connectivity index (χ2v) is 4.83. The summed E-state index contributed by atoms with van der Waals surface area (Å²) in [6, 6.07) is 4.54. The molecule has 0 spiro atoms. The molecule has 1 fully saturated rings. The van der Waals surface area contributed by atoms with E-state index in [4.69, 9.17) is 4.74 Å². The van der Waals surface area contributed by atoms with Gasteiger partial charge in [-0.1, -0.05) is 24.6 Å². The van der Waals surface area contributed by atoms with Gasteiger partial charge in [0.15, 0.2) is 0 Å². The Morgan fingerprint density at radius 2 is 1.57 bits per heavy atom. The molecule has 1 saturated heterocycles. The summed E-state index contributed by atoms with van der Waals surface area (Å²) in [5.74, 6) is 0. The molecular formula is C13H18O. The number of aryl methyl sites for hydroxylation is 3. The van der Waals surface area contributed by atoms with Crippen LogP contribution < -0.4 is 0 Å². The van der Waals surface area contributed by atoms with Gasteiger partial charge < -0.3 is 4.74 Å². The van der Waals surface area contributed by atoms with Gasteiger partial charge in [0.1, 0.15) is 0 Å². The van der Waals surface area contributed by atoms with Crippen molar-refractivity contribution in [2.24, 2.45) is 0 Å². The summed E-state index contributed by atoms with van der Waals surface area (Å²) < 4.78 is 5.33. The average molecular weight is 190 g/mol. The first kappa shape index (κ1) is 9.72. The summed E-state index contributed by atoms with van der Waals surface area (Å²) in [5.41, 5.74) is 5.94. The molecule has 0 radical (unpaired) electrons. The number of rotatable bonds is 1. The van der Waals surface area contributed by atoms with Crippen LogP contribution in [-0.2, 0) is 10.2 Å². The van der Waals surface area contributed by atoms with Crippen LogP contribution in [0.3, 0.4) is 0 Å². The topological polar surface area (TPSA) is 9.23 Å². The van der Waals surface area contributed by atoms with Crippen molar-refractivity contribution in [3.05, 3.63) is 34.4 Å². The van der Waals surface area contributed by atoms with E-state index in [-0.39, 0.29) is 5.41 Å². The molecule has 0 atom stereocenters. The summed E-state index contributed by atoms with van der Waals surface area (Å²) >= 11 is 0. The summed E-state index contributed by atoms with van der Waals surface area (Å²) in [4.78, 5) is 0. The van der Waals surface area contributed by atoms with E-state index in [1.165, 1.54) is 22.3 Å². The lowest BCUT2D eigenvalue weighted by atomic mass is 9.76. The molecular weight excluding hydrogens is 172 g/mol. The Labute approximate surface area is 86.1 Å². The van der Waals surface area contributed by atoms with E-state index < -0.39 is 0 Å². The van der Waals surface area contributed by atoms with Crippen molar-refractivity contribution in [2.45, 2.75) is 33.1 Å². The van der Waals surface area contributed by atoms with Crippen LogP contribution in [0.4, 0.5) is 0 Å². The molecule has 1 aromatic rings. The molecule has 1 aliphatic rings. The van der Waals surface area contributed by atoms with Crippen molar-refractivity contribution < 1.29 is 4.74 Å². The smallest absolute Gasteiger partial charge is 0.0583 e. The van der Waals surface area contributed by atoms with E-state index in [1.54, 1.807) is 0 Å².